The molecule has 14 nitrogen and oxygen atoms in total. The molecule has 0 aliphatic carbocycles. The number of rotatable bonds is 19. The number of thiol groups is 1. The summed E-state index contributed by atoms with van der Waals surface area (Å²) in [4.78, 5) is 74.2. The van der Waals surface area contributed by atoms with Gasteiger partial charge in [-0.15, -0.1) is 0 Å². The van der Waals surface area contributed by atoms with E-state index in [1.165, 1.54) is 18.7 Å². The molecule has 0 saturated carbocycles. The normalized spacial score (nSPS) is 15.2. The highest BCUT2D eigenvalue weighted by molar-refractivity contribution is 7.98. The Bertz CT molecular complexity index is 1080. The molecule has 1 rings (SSSR count). The zero-order valence-corrected chi connectivity index (χ0v) is 25.0. The molecule has 1 aromatic rings. The van der Waals surface area contributed by atoms with Crippen molar-refractivity contribution in [3.63, 3.8) is 0 Å². The van der Waals surface area contributed by atoms with Crippen molar-refractivity contribution in [3.05, 3.63) is 35.9 Å². The molecule has 16 heteroatoms. The second kappa shape index (κ2) is 19.0. The fourth-order valence-corrected chi connectivity index (χ4v) is 4.32. The molecule has 6 atom stereocenters. The van der Waals surface area contributed by atoms with Gasteiger partial charge in [-0.3, -0.25) is 24.0 Å². The molecule has 4 amide bonds. The fourth-order valence-electron chi connectivity index (χ4n) is 3.59. The van der Waals surface area contributed by atoms with E-state index in [4.69, 9.17) is 10.8 Å². The van der Waals surface area contributed by atoms with Crippen LogP contribution in [0.3, 0.4) is 0 Å². The largest absolute Gasteiger partial charge is 0.481 e. The number of aliphatic hydroxyl groups excluding tert-OH is 1. The number of nitrogens with one attached hydrogen (secondary N) is 4. The second-order valence-electron chi connectivity index (χ2n) is 9.44. The third-order valence-electron chi connectivity index (χ3n) is 6.06. The van der Waals surface area contributed by atoms with E-state index in [2.05, 4.69) is 33.9 Å². The quantitative estimate of drug-likeness (QED) is 0.0799. The van der Waals surface area contributed by atoms with Crippen LogP contribution in [0, 0.1) is 0 Å². The van der Waals surface area contributed by atoms with Crippen LogP contribution in [-0.4, -0.2) is 105 Å². The summed E-state index contributed by atoms with van der Waals surface area (Å²) in [5, 5.41) is 37.6. The average Bonchev–Trinajstić information content (AvgIpc) is 2.94. The van der Waals surface area contributed by atoms with Crippen LogP contribution in [0.4, 0.5) is 0 Å². The summed E-state index contributed by atoms with van der Waals surface area (Å²) in [5.41, 5.74) is 6.44. The molecule has 0 aliphatic heterocycles. The summed E-state index contributed by atoms with van der Waals surface area (Å²) >= 11 is 5.47. The molecule has 1 aromatic carbocycles. The first-order valence-corrected chi connectivity index (χ1v) is 15.1. The van der Waals surface area contributed by atoms with Gasteiger partial charge in [0.15, 0.2) is 0 Å². The van der Waals surface area contributed by atoms with E-state index in [-0.39, 0.29) is 25.0 Å². The summed E-state index contributed by atoms with van der Waals surface area (Å²) in [6, 6.07) is 2.36. The second-order valence-corrected chi connectivity index (χ2v) is 10.8. The predicted molar refractivity (Wildman–Crippen MR) is 159 cm³/mol. The van der Waals surface area contributed by atoms with Crippen molar-refractivity contribution >= 4 is 60.0 Å². The third-order valence-corrected chi connectivity index (χ3v) is 7.07. The Labute approximate surface area is 253 Å². The Hall–Kier alpha value is -3.34. The maximum atomic E-state index is 13.4. The van der Waals surface area contributed by atoms with Crippen LogP contribution in [0.2, 0.25) is 0 Å². The van der Waals surface area contributed by atoms with Gasteiger partial charge in [-0.2, -0.15) is 24.4 Å². The number of benzene rings is 1. The zero-order chi connectivity index (χ0) is 31.8. The fraction of sp³-hybridized carbons (Fsp3) is 0.538. The highest BCUT2D eigenvalue weighted by atomic mass is 32.2. The lowest BCUT2D eigenvalue weighted by molar-refractivity contribution is -0.143. The van der Waals surface area contributed by atoms with Gasteiger partial charge in [0, 0.05) is 18.6 Å². The standard InChI is InChI=1S/C26H39N5O9S2/c1-14(32)21(27)25(38)30-18(12-15-6-4-3-5-7-15)23(36)28-16(10-11-42-2)22(35)31-19(13-41)24(37)29-17(26(39)40)8-9-20(33)34/h3-7,14,16-19,21,32,41H,8-13,27H2,1-2H3,(H,28,36)(H,29,37)(H,30,38)(H,31,35)(H,33,34)(H,39,40). The molecule has 0 aliphatic rings. The Morgan fingerprint density at radius 1 is 0.833 bits per heavy atom. The lowest BCUT2D eigenvalue weighted by Gasteiger charge is -2.26. The number of aliphatic carboxylic acids is 2. The highest BCUT2D eigenvalue weighted by Crippen LogP contribution is 2.08. The highest BCUT2D eigenvalue weighted by Gasteiger charge is 2.32. The SMILES string of the molecule is CSCCC(NC(=O)C(Cc1ccccc1)NC(=O)C(N)C(C)O)C(=O)NC(CS)C(=O)NC(CCC(=O)O)C(=O)O. The van der Waals surface area contributed by atoms with E-state index in [1.54, 1.807) is 36.6 Å². The lowest BCUT2D eigenvalue weighted by Crippen LogP contribution is -2.59. The molecule has 6 unspecified atom stereocenters. The molecular weight excluding hydrogens is 590 g/mol. The van der Waals surface area contributed by atoms with Gasteiger partial charge in [-0.05, 0) is 37.3 Å². The molecule has 42 heavy (non-hydrogen) atoms. The van der Waals surface area contributed by atoms with Gasteiger partial charge in [-0.1, -0.05) is 30.3 Å². The van der Waals surface area contributed by atoms with Crippen molar-refractivity contribution in [2.75, 3.05) is 17.8 Å². The lowest BCUT2D eigenvalue weighted by atomic mass is 10.0. The number of amides is 4. The van der Waals surface area contributed by atoms with Crippen molar-refractivity contribution in [2.24, 2.45) is 5.73 Å². The van der Waals surface area contributed by atoms with Crippen LogP contribution in [0.15, 0.2) is 30.3 Å². The average molecular weight is 630 g/mol. The van der Waals surface area contributed by atoms with E-state index in [1.807, 2.05) is 0 Å². The first-order valence-electron chi connectivity index (χ1n) is 13.0. The first kappa shape index (κ1) is 36.7. The van der Waals surface area contributed by atoms with Gasteiger partial charge < -0.3 is 42.3 Å². The predicted octanol–water partition coefficient (Wildman–Crippen LogP) is -1.49. The smallest absolute Gasteiger partial charge is 0.326 e. The Balaban J connectivity index is 3.08. The summed E-state index contributed by atoms with van der Waals surface area (Å²) < 4.78 is 0. The maximum absolute atomic E-state index is 13.4. The van der Waals surface area contributed by atoms with Crippen LogP contribution in [-0.2, 0) is 35.2 Å². The number of aliphatic hydroxyl groups is 1. The topological polar surface area (TPSA) is 237 Å². The Morgan fingerprint density at radius 3 is 1.88 bits per heavy atom. The van der Waals surface area contributed by atoms with Crippen molar-refractivity contribution < 1.29 is 44.1 Å². The van der Waals surface area contributed by atoms with Crippen molar-refractivity contribution in [1.29, 1.82) is 0 Å². The van der Waals surface area contributed by atoms with Gasteiger partial charge in [0.05, 0.1) is 6.10 Å². The number of carboxylic acids is 2. The van der Waals surface area contributed by atoms with E-state index in [9.17, 15) is 39.0 Å². The van der Waals surface area contributed by atoms with Gasteiger partial charge in [0.1, 0.15) is 30.2 Å². The minimum Gasteiger partial charge on any atom is -0.481 e. The Kier molecular flexibility index (Phi) is 16.6. The molecule has 0 aromatic heterocycles. The molecular formula is C26H39N5O9S2. The van der Waals surface area contributed by atoms with Crippen LogP contribution < -0.4 is 27.0 Å². The van der Waals surface area contributed by atoms with Crippen LogP contribution >= 0.6 is 24.4 Å². The number of carbonyl (C=O) groups is 6. The van der Waals surface area contributed by atoms with Crippen molar-refractivity contribution in [1.82, 2.24) is 21.3 Å². The number of carbonyl (C=O) groups excluding carboxylic acids is 4. The van der Waals surface area contributed by atoms with Gasteiger partial charge in [0.2, 0.25) is 23.6 Å². The first-order chi connectivity index (χ1) is 19.8. The van der Waals surface area contributed by atoms with Crippen LogP contribution in [0.5, 0.6) is 0 Å². The third kappa shape index (κ3) is 13.1. The number of nitrogens with two attached hydrogens (primary N) is 1. The summed E-state index contributed by atoms with van der Waals surface area (Å²) in [5.74, 6) is -5.60. The zero-order valence-electron chi connectivity index (χ0n) is 23.3. The number of hydrogen-bond donors (Lipinski definition) is 9. The molecule has 0 spiro atoms. The van der Waals surface area contributed by atoms with E-state index in [0.29, 0.717) is 11.3 Å². The monoisotopic (exact) mass is 629 g/mol. The van der Waals surface area contributed by atoms with E-state index >= 15 is 0 Å². The maximum Gasteiger partial charge on any atom is 0.326 e. The van der Waals surface area contributed by atoms with Crippen LogP contribution in [0.1, 0.15) is 31.7 Å². The summed E-state index contributed by atoms with van der Waals surface area (Å²) in [7, 11) is 0. The van der Waals surface area contributed by atoms with Gasteiger partial charge >= 0.3 is 11.9 Å². The van der Waals surface area contributed by atoms with Gasteiger partial charge in [0.25, 0.3) is 0 Å². The van der Waals surface area contributed by atoms with E-state index < -0.39 is 78.3 Å². The van der Waals surface area contributed by atoms with Gasteiger partial charge in [-0.25, -0.2) is 4.79 Å². The number of carboxylic acid groups (broad SMARTS) is 2. The summed E-state index contributed by atoms with van der Waals surface area (Å²) in [6.07, 6.45) is -0.0604. The molecule has 0 saturated heterocycles. The molecule has 9 N–H and O–H groups in total. The molecule has 0 bridgehead atoms. The molecule has 0 radical (unpaired) electrons. The number of thioether (sulfide) groups is 1. The molecule has 234 valence electrons. The van der Waals surface area contributed by atoms with Crippen LogP contribution in [0.25, 0.3) is 0 Å². The summed E-state index contributed by atoms with van der Waals surface area (Å²) in [6.45, 7) is 1.33. The van der Waals surface area contributed by atoms with Crippen molar-refractivity contribution in [2.45, 2.75) is 68.9 Å². The number of hydrogen-bond acceptors (Lipinski definition) is 10. The minimum atomic E-state index is -1.50. The Morgan fingerprint density at radius 2 is 1.36 bits per heavy atom. The molecule has 0 heterocycles. The molecule has 0 fully saturated rings. The van der Waals surface area contributed by atoms with Crippen molar-refractivity contribution in [3.8, 4) is 0 Å². The minimum absolute atomic E-state index is 0.0520. The van der Waals surface area contributed by atoms with E-state index in [0.717, 1.165) is 0 Å².